The Morgan fingerprint density at radius 1 is 0.431 bits per heavy atom. The van der Waals surface area contributed by atoms with Gasteiger partial charge in [0.25, 0.3) is 28.5 Å². The number of alkyl halides is 8. The lowest BCUT2D eigenvalue weighted by Gasteiger charge is -2.27. The maximum Gasteiger partial charge on any atom is 0.318 e. The second-order valence-corrected chi connectivity index (χ2v) is 37.8. The number of aliphatic carboxylic acids is 1. The number of primary amides is 1. The lowest BCUT2D eigenvalue weighted by molar-refractivity contribution is -0.137. The van der Waals surface area contributed by atoms with Crippen LogP contribution in [0.15, 0.2) is 0 Å². The number of aliphatic hydroxyl groups excluding tert-OH is 3. The predicted octanol–water partition coefficient (Wildman–Crippen LogP) is 1.17. The van der Waals surface area contributed by atoms with E-state index in [4.69, 9.17) is 31.3 Å². The molecule has 0 aromatic rings. The van der Waals surface area contributed by atoms with Crippen molar-refractivity contribution in [3.05, 3.63) is 0 Å². The van der Waals surface area contributed by atoms with E-state index < -0.39 is 189 Å². The number of hydrogen-bond acceptors (Lipinski definition) is 22. The Hall–Kier alpha value is -3.60. The molecule has 0 heterocycles. The van der Waals surface area contributed by atoms with Gasteiger partial charge >= 0.3 is 5.97 Å². The molecule has 102 heavy (non-hydrogen) atoms. The van der Waals surface area contributed by atoms with Crippen LogP contribution in [0, 0.1) is 0 Å². The second kappa shape index (κ2) is 50.9. The van der Waals surface area contributed by atoms with Crippen LogP contribution in [0.4, 0.5) is 35.1 Å². The molecule has 0 radical (unpaired) electrons. The van der Waals surface area contributed by atoms with Gasteiger partial charge in [-0.2, -0.15) is 38.6 Å². The van der Waals surface area contributed by atoms with E-state index >= 15 is 0 Å². The summed E-state index contributed by atoms with van der Waals surface area (Å²) >= 11 is 0. The number of halogens is 8. The fourth-order valence-corrected chi connectivity index (χ4v) is 15.3. The predicted molar refractivity (Wildman–Crippen MR) is 370 cm³/mol. The molecule has 9 N–H and O–H groups in total. The number of hydrogen-bond donors (Lipinski definition) is 7. The third-order valence-corrected chi connectivity index (χ3v) is 21.8. The SMILES string of the molecule is CC(C)N(CC(=O)CCC(F)F)S(C)(=O)=O.CC(C)N(CC(=O)O)S(C)(=O)=O.CC(C)N(CC(F)(F)CCO)S(N)(=O)=O.CC(C)N(CC(F)(F)CO)S(C)(=O)=O.CC(C)N(CC(N)=O)S(C)(=O)=O.CC(C)N(CCC(=O)NCC(F)F)S(C)(=O)=O.CC(O)CCC(=O)CN(C(C)C)S(C)(=O)=O. The van der Waals surface area contributed by atoms with Gasteiger partial charge in [0.05, 0.1) is 82.9 Å². The van der Waals surface area contributed by atoms with Crippen LogP contribution in [0.5, 0.6) is 0 Å². The highest BCUT2D eigenvalue weighted by Crippen LogP contribution is 2.22. The first-order chi connectivity index (χ1) is 45.1. The summed E-state index contributed by atoms with van der Waals surface area (Å²) in [5, 5.41) is 40.9. The van der Waals surface area contributed by atoms with Crippen molar-refractivity contribution in [2.45, 2.75) is 215 Å². The van der Waals surface area contributed by atoms with E-state index in [0.29, 0.717) is 15.0 Å². The average Bonchev–Trinajstić information content (AvgIpc) is 0.863. The number of nitrogens with zero attached hydrogens (tertiary/aromatic N) is 7. The molecular weight excluding hydrogens is 1530 g/mol. The fraction of sp³-hybridized carbons (Fsp3) is 0.907. The van der Waals surface area contributed by atoms with E-state index in [0.717, 1.165) is 59.1 Å². The van der Waals surface area contributed by atoms with Crippen LogP contribution in [-0.4, -0.2) is 315 Å². The summed E-state index contributed by atoms with van der Waals surface area (Å²) in [7, 11) is -24.7. The maximum absolute atomic E-state index is 13.0. The van der Waals surface area contributed by atoms with Crippen LogP contribution in [0.25, 0.3) is 0 Å². The highest BCUT2D eigenvalue weighted by atomic mass is 32.2. The van der Waals surface area contributed by atoms with Crippen molar-refractivity contribution in [3.8, 4) is 0 Å². The topological polar surface area (TPSA) is 492 Å². The van der Waals surface area contributed by atoms with Crippen molar-refractivity contribution in [3.63, 3.8) is 0 Å². The van der Waals surface area contributed by atoms with Gasteiger partial charge in [-0.15, -0.1) is 0 Å². The molecule has 0 saturated heterocycles. The molecule has 0 aliphatic rings. The zero-order chi connectivity index (χ0) is 83.2. The molecule has 0 aliphatic carbocycles. The highest BCUT2D eigenvalue weighted by Gasteiger charge is 2.37. The van der Waals surface area contributed by atoms with Crippen LogP contribution in [-0.2, 0) is 94.3 Å². The first kappa shape index (κ1) is 112. The Bertz CT molecular complexity index is 3170. The van der Waals surface area contributed by atoms with Gasteiger partial charge in [-0.3, -0.25) is 24.0 Å². The van der Waals surface area contributed by atoms with E-state index in [9.17, 15) is 118 Å². The molecule has 0 spiro atoms. The summed E-state index contributed by atoms with van der Waals surface area (Å²) in [5.74, 6) is -9.69. The molecular formula is C54H114F8N10O23S7. The number of rotatable bonds is 40. The lowest BCUT2D eigenvalue weighted by Crippen LogP contribution is -2.47. The Morgan fingerprint density at radius 3 is 0.941 bits per heavy atom. The first-order valence-corrected chi connectivity index (χ1v) is 43.3. The number of sulfonamides is 6. The van der Waals surface area contributed by atoms with Gasteiger partial charge in [0.1, 0.15) is 24.7 Å². The maximum atomic E-state index is 13.0. The molecule has 0 aliphatic heterocycles. The Labute approximate surface area is 599 Å². The van der Waals surface area contributed by atoms with Crippen molar-refractivity contribution in [2.75, 3.05) is 103 Å². The largest absolute Gasteiger partial charge is 0.480 e. The normalized spacial score (nSPS) is 13.2. The summed E-state index contributed by atoms with van der Waals surface area (Å²) in [5.41, 5.74) is 4.88. The minimum Gasteiger partial charge on any atom is -0.480 e. The van der Waals surface area contributed by atoms with Crippen molar-refractivity contribution >= 4 is 99.7 Å². The van der Waals surface area contributed by atoms with Gasteiger partial charge in [0.2, 0.25) is 78.4 Å². The number of carboxylic acid groups (broad SMARTS) is 1. The number of ketones is 2. The van der Waals surface area contributed by atoms with Crippen LogP contribution in [0.2, 0.25) is 0 Å². The number of nitrogens with one attached hydrogen (secondary N) is 1. The summed E-state index contributed by atoms with van der Waals surface area (Å²) in [4.78, 5) is 54.6. The molecule has 0 aromatic carbocycles. The fourth-order valence-electron chi connectivity index (χ4n) is 7.46. The van der Waals surface area contributed by atoms with Gasteiger partial charge in [-0.1, -0.05) is 0 Å². The Kier molecular flexibility index (Phi) is 55.7. The molecule has 0 bridgehead atoms. The standard InChI is InChI=1S/C10H21NO4S.C9H18F2N2O3S.C9H17F2NO3S.C7H16F2N2O3S.C7H15F2NO3S.C6H14N2O3S.C6H13NO4S/c1-8(2)11(16(4,14)15)7-10(13)6-5-9(3)12;1-7(2)13(17(3,15)16)5-4-9(14)12-6-8(10)11;1-7(2)12(16(3,14)15)6-8(13)4-5-9(10)11;1-6(2)11(15(10,13)14)5-7(8,9)3-4-12;1-6(2)10(14(3,12)13)4-7(8,9)5-11;1-5(2)8(4-6(7)9)12(3,10)11;1-5(2)7(4-6(8)9)12(3,10)11/h8-9,12H,5-7H2,1-4H3;7-8H,4-6H2,1-3H3,(H,12,14);7,9H,4-6H2,1-3H3;6,12H,3-5H2,1-2H3,(H2,10,13,14);6,11H,4-5H2,1-3H3;5H,4H2,1-3H3,(H2,7,9);5H,4H2,1-3H3,(H,8,9). The van der Waals surface area contributed by atoms with Gasteiger partial charge in [-0.25, -0.2) is 90.8 Å². The van der Waals surface area contributed by atoms with Gasteiger partial charge in [-0.05, 0) is 110 Å². The van der Waals surface area contributed by atoms with Gasteiger partial charge in [0.15, 0.2) is 0 Å². The number of amides is 2. The van der Waals surface area contributed by atoms with E-state index in [-0.39, 0.29) is 81.4 Å². The molecule has 0 saturated carbocycles. The second-order valence-electron chi connectivity index (χ2n) is 24.7. The van der Waals surface area contributed by atoms with Crippen LogP contribution >= 0.6 is 0 Å². The number of carbonyl (C=O) groups excluding carboxylic acids is 4. The molecule has 2 amide bonds. The first-order valence-electron chi connectivity index (χ1n) is 30.7. The van der Waals surface area contributed by atoms with Crippen molar-refractivity contribution in [1.29, 1.82) is 0 Å². The molecule has 0 aromatic heterocycles. The third-order valence-electron chi connectivity index (χ3n) is 12.2. The van der Waals surface area contributed by atoms with Crippen LogP contribution in [0.3, 0.4) is 0 Å². The molecule has 1 unspecified atom stereocenters. The molecule has 48 heteroatoms. The quantitative estimate of drug-likeness (QED) is 0.0423. The smallest absolute Gasteiger partial charge is 0.318 e. The lowest BCUT2D eigenvalue weighted by atomic mass is 10.1. The molecule has 1 atom stereocenters. The summed E-state index contributed by atoms with van der Waals surface area (Å²) < 4.78 is 261. The average molecular weight is 1650 g/mol. The van der Waals surface area contributed by atoms with E-state index in [1.54, 1.807) is 76.2 Å². The van der Waals surface area contributed by atoms with Crippen molar-refractivity contribution in [2.24, 2.45) is 10.9 Å². The zero-order valence-corrected chi connectivity index (χ0v) is 67.5. The Morgan fingerprint density at radius 2 is 0.725 bits per heavy atom. The Balaban J connectivity index is -0.000000207. The highest BCUT2D eigenvalue weighted by molar-refractivity contribution is 7.89. The van der Waals surface area contributed by atoms with E-state index in [1.807, 2.05) is 5.32 Å². The van der Waals surface area contributed by atoms with Crippen molar-refractivity contribution < 1.29 is 138 Å². The number of carbonyl (C=O) groups is 5. The summed E-state index contributed by atoms with van der Waals surface area (Å²) in [6.45, 7) is 18.2. The summed E-state index contributed by atoms with van der Waals surface area (Å²) in [6, 6.07) is -2.63. The number of carboxylic acids is 1. The van der Waals surface area contributed by atoms with Gasteiger partial charge in [0, 0.05) is 87.5 Å². The van der Waals surface area contributed by atoms with E-state index in [1.165, 1.54) is 27.7 Å². The molecule has 0 rings (SSSR count). The third kappa shape index (κ3) is 61.5. The molecule has 33 nitrogen and oxygen atoms in total. The molecule has 616 valence electrons. The number of aliphatic hydroxyl groups is 3. The van der Waals surface area contributed by atoms with Crippen molar-refractivity contribution in [1.82, 2.24) is 35.5 Å². The number of Topliss-reactive ketones (excluding diaryl/α,β-unsaturated/α-hetero) is 2. The molecule has 0 fully saturated rings. The van der Waals surface area contributed by atoms with E-state index in [2.05, 4.69) is 0 Å². The van der Waals surface area contributed by atoms with Crippen LogP contribution < -0.4 is 16.2 Å². The summed E-state index contributed by atoms with van der Waals surface area (Å²) in [6.07, 6.45) is -0.780. The minimum absolute atomic E-state index is 0.00836. The minimum atomic E-state index is -4.14. The van der Waals surface area contributed by atoms with Gasteiger partial charge < -0.3 is 31.5 Å². The number of nitrogens with two attached hydrogens (primary N) is 2. The van der Waals surface area contributed by atoms with Crippen LogP contribution in [0.1, 0.15) is 142 Å². The monoisotopic (exact) mass is 1650 g/mol. The zero-order valence-electron chi connectivity index (χ0n) is 61.8.